The van der Waals surface area contributed by atoms with Gasteiger partial charge in [0.05, 0.1) is 11.0 Å². The van der Waals surface area contributed by atoms with Crippen molar-refractivity contribution in [3.63, 3.8) is 0 Å². The molecule has 6 heteroatoms. The minimum absolute atomic E-state index is 0.0700. The maximum absolute atomic E-state index is 13.6. The average Bonchev–Trinajstić information content (AvgIpc) is 3.29. The summed E-state index contributed by atoms with van der Waals surface area (Å²) in [5, 5.41) is 0. The molecule has 0 unspecified atom stereocenters. The Bertz CT molecular complexity index is 1370. The molecule has 1 aliphatic rings. The number of likely N-dealkylation sites (tertiary alicyclic amines) is 1. The summed E-state index contributed by atoms with van der Waals surface area (Å²) < 4.78 is 4.01. The van der Waals surface area contributed by atoms with Gasteiger partial charge in [-0.3, -0.25) is 9.36 Å². The standard InChI is InChI=1S/C27H30N4O2/c1-18-8-10-21(11-9-18)17-30-20(3)16-19(2)25(30)26(32)29-14-12-22(13-15-29)31-24-7-5-4-6-23(24)28-27(31)33/h4-11,16,22H,12-15,17H2,1-3H3,(H,28,33). The van der Waals surface area contributed by atoms with Crippen molar-refractivity contribution in [2.75, 3.05) is 13.1 Å². The van der Waals surface area contributed by atoms with Crippen LogP contribution in [0.5, 0.6) is 0 Å². The number of nitrogens with one attached hydrogen (secondary N) is 1. The molecule has 2 aromatic heterocycles. The third-order valence-corrected chi connectivity index (χ3v) is 6.90. The fourth-order valence-electron chi connectivity index (χ4n) is 5.13. The van der Waals surface area contributed by atoms with E-state index in [1.54, 1.807) is 0 Å². The zero-order chi connectivity index (χ0) is 23.1. The molecule has 1 aliphatic heterocycles. The number of aromatic nitrogens is 3. The van der Waals surface area contributed by atoms with Gasteiger partial charge in [0, 0.05) is 31.4 Å². The minimum Gasteiger partial charge on any atom is -0.337 e. The molecule has 0 aliphatic carbocycles. The van der Waals surface area contributed by atoms with Gasteiger partial charge in [0.15, 0.2) is 0 Å². The van der Waals surface area contributed by atoms with E-state index in [9.17, 15) is 9.59 Å². The summed E-state index contributed by atoms with van der Waals surface area (Å²) in [4.78, 5) is 31.1. The van der Waals surface area contributed by atoms with Gasteiger partial charge in [-0.15, -0.1) is 0 Å². The number of fused-ring (bicyclic) bond motifs is 1. The molecule has 0 atom stereocenters. The molecular formula is C27H30N4O2. The van der Waals surface area contributed by atoms with Gasteiger partial charge in [-0.05, 0) is 62.9 Å². The third kappa shape index (κ3) is 3.90. The van der Waals surface area contributed by atoms with Gasteiger partial charge in [0.2, 0.25) is 0 Å². The van der Waals surface area contributed by atoms with Crippen LogP contribution in [0.25, 0.3) is 11.0 Å². The highest BCUT2D eigenvalue weighted by Crippen LogP contribution is 2.27. The first-order valence-corrected chi connectivity index (χ1v) is 11.6. The molecule has 1 fully saturated rings. The number of aryl methyl sites for hydroxylation is 3. The molecule has 0 saturated carbocycles. The molecular weight excluding hydrogens is 412 g/mol. The van der Waals surface area contributed by atoms with Crippen molar-refractivity contribution in [1.29, 1.82) is 0 Å². The van der Waals surface area contributed by atoms with Crippen molar-refractivity contribution < 1.29 is 4.79 Å². The number of imidazole rings is 1. The summed E-state index contributed by atoms with van der Waals surface area (Å²) >= 11 is 0. The highest BCUT2D eigenvalue weighted by atomic mass is 16.2. The molecule has 0 spiro atoms. The van der Waals surface area contributed by atoms with Crippen molar-refractivity contribution >= 4 is 16.9 Å². The molecule has 0 bridgehead atoms. The van der Waals surface area contributed by atoms with Crippen molar-refractivity contribution in [1.82, 2.24) is 19.0 Å². The number of carbonyl (C=O) groups is 1. The summed E-state index contributed by atoms with van der Waals surface area (Å²) in [5.74, 6) is 0.0810. The Morgan fingerprint density at radius 3 is 2.42 bits per heavy atom. The van der Waals surface area contributed by atoms with Gasteiger partial charge in [0.25, 0.3) is 5.91 Å². The molecule has 0 radical (unpaired) electrons. The number of piperidine rings is 1. The number of amides is 1. The van der Waals surface area contributed by atoms with E-state index in [4.69, 9.17) is 0 Å². The monoisotopic (exact) mass is 442 g/mol. The van der Waals surface area contributed by atoms with E-state index >= 15 is 0 Å². The number of hydrogen-bond donors (Lipinski definition) is 1. The van der Waals surface area contributed by atoms with E-state index in [1.165, 1.54) is 11.1 Å². The summed E-state index contributed by atoms with van der Waals surface area (Å²) in [6.07, 6.45) is 1.54. The quantitative estimate of drug-likeness (QED) is 0.503. The molecule has 1 saturated heterocycles. The highest BCUT2D eigenvalue weighted by molar-refractivity contribution is 5.94. The van der Waals surface area contributed by atoms with Crippen molar-refractivity contribution in [2.45, 2.75) is 46.2 Å². The zero-order valence-corrected chi connectivity index (χ0v) is 19.5. The van der Waals surface area contributed by atoms with E-state index in [0.717, 1.165) is 40.8 Å². The highest BCUT2D eigenvalue weighted by Gasteiger charge is 2.29. The van der Waals surface area contributed by atoms with E-state index < -0.39 is 0 Å². The fourth-order valence-corrected chi connectivity index (χ4v) is 5.13. The lowest BCUT2D eigenvalue weighted by molar-refractivity contribution is 0.0683. The van der Waals surface area contributed by atoms with Crippen LogP contribution in [0, 0.1) is 20.8 Å². The Hall–Kier alpha value is -3.54. The van der Waals surface area contributed by atoms with Crippen LogP contribution in [0.4, 0.5) is 0 Å². The molecule has 5 rings (SSSR count). The first-order chi connectivity index (χ1) is 15.9. The van der Waals surface area contributed by atoms with E-state index in [2.05, 4.69) is 53.7 Å². The van der Waals surface area contributed by atoms with Gasteiger partial charge in [-0.25, -0.2) is 4.79 Å². The van der Waals surface area contributed by atoms with Gasteiger partial charge >= 0.3 is 5.69 Å². The lowest BCUT2D eigenvalue weighted by Gasteiger charge is -2.33. The molecule has 6 nitrogen and oxygen atoms in total. The number of para-hydroxylation sites is 2. The Morgan fingerprint density at radius 2 is 1.70 bits per heavy atom. The van der Waals surface area contributed by atoms with Gasteiger partial charge in [-0.1, -0.05) is 42.0 Å². The van der Waals surface area contributed by atoms with Crippen molar-refractivity contribution in [3.8, 4) is 0 Å². The second-order valence-corrected chi connectivity index (χ2v) is 9.23. The van der Waals surface area contributed by atoms with Crippen LogP contribution in [0.3, 0.4) is 0 Å². The number of aromatic amines is 1. The molecule has 1 amide bonds. The van der Waals surface area contributed by atoms with Gasteiger partial charge < -0.3 is 14.5 Å². The summed E-state index contributed by atoms with van der Waals surface area (Å²) in [6, 6.07) is 18.5. The third-order valence-electron chi connectivity index (χ3n) is 6.90. The number of benzene rings is 2. The summed E-state index contributed by atoms with van der Waals surface area (Å²) in [6.45, 7) is 8.13. The van der Waals surface area contributed by atoms with Crippen molar-refractivity contribution in [2.24, 2.45) is 0 Å². The van der Waals surface area contributed by atoms with Crippen LogP contribution in [0.15, 0.2) is 59.4 Å². The van der Waals surface area contributed by atoms with E-state index in [-0.39, 0.29) is 17.6 Å². The number of nitrogens with zero attached hydrogens (tertiary/aromatic N) is 3. The average molecular weight is 443 g/mol. The maximum Gasteiger partial charge on any atom is 0.326 e. The number of rotatable bonds is 4. The predicted octanol–water partition coefficient (Wildman–Crippen LogP) is 4.58. The van der Waals surface area contributed by atoms with Crippen LogP contribution in [0.2, 0.25) is 0 Å². The molecule has 170 valence electrons. The second kappa shape index (κ2) is 8.43. The van der Waals surface area contributed by atoms with E-state index in [0.29, 0.717) is 19.6 Å². The first-order valence-electron chi connectivity index (χ1n) is 11.6. The van der Waals surface area contributed by atoms with Crippen LogP contribution in [-0.4, -0.2) is 38.0 Å². The van der Waals surface area contributed by atoms with E-state index in [1.807, 2.05) is 40.7 Å². The second-order valence-electron chi connectivity index (χ2n) is 9.23. The van der Waals surface area contributed by atoms with Crippen LogP contribution < -0.4 is 5.69 Å². The number of carbonyl (C=O) groups excluding carboxylic acids is 1. The Kier molecular flexibility index (Phi) is 5.44. The Balaban J connectivity index is 1.36. The minimum atomic E-state index is -0.0700. The van der Waals surface area contributed by atoms with Crippen LogP contribution >= 0.6 is 0 Å². The van der Waals surface area contributed by atoms with Crippen molar-refractivity contribution in [3.05, 3.63) is 93.2 Å². The Labute approximate surface area is 193 Å². The predicted molar refractivity (Wildman–Crippen MR) is 131 cm³/mol. The number of H-pyrrole nitrogens is 1. The van der Waals surface area contributed by atoms with Crippen LogP contribution in [0.1, 0.15) is 51.8 Å². The molecule has 2 aromatic carbocycles. The van der Waals surface area contributed by atoms with Crippen LogP contribution in [-0.2, 0) is 6.54 Å². The fraction of sp³-hybridized carbons (Fsp3) is 0.333. The summed E-state index contributed by atoms with van der Waals surface area (Å²) in [7, 11) is 0. The lowest BCUT2D eigenvalue weighted by Crippen LogP contribution is -2.41. The number of hydrogen-bond acceptors (Lipinski definition) is 2. The first kappa shape index (κ1) is 21.3. The SMILES string of the molecule is Cc1ccc(Cn2c(C)cc(C)c2C(=O)N2CCC(n3c(=O)[nH]c4ccccc43)CC2)cc1. The maximum atomic E-state index is 13.6. The largest absolute Gasteiger partial charge is 0.337 e. The molecule has 1 N–H and O–H groups in total. The topological polar surface area (TPSA) is 63.0 Å². The van der Waals surface area contributed by atoms with Gasteiger partial charge in [-0.2, -0.15) is 0 Å². The summed E-state index contributed by atoms with van der Waals surface area (Å²) in [5.41, 5.74) is 7.02. The molecule has 4 aromatic rings. The lowest BCUT2D eigenvalue weighted by atomic mass is 10.0. The molecule has 3 heterocycles. The zero-order valence-electron chi connectivity index (χ0n) is 19.5. The normalized spacial score (nSPS) is 14.8. The Morgan fingerprint density at radius 1 is 1.00 bits per heavy atom. The smallest absolute Gasteiger partial charge is 0.326 e. The molecule has 33 heavy (non-hydrogen) atoms. The van der Waals surface area contributed by atoms with Gasteiger partial charge in [0.1, 0.15) is 5.69 Å².